The third-order valence-corrected chi connectivity index (χ3v) is 0.658. The van der Waals surface area contributed by atoms with Gasteiger partial charge in [-0.05, 0) is 25.9 Å². The summed E-state index contributed by atoms with van der Waals surface area (Å²) in [6, 6.07) is 0. The molecule has 0 fully saturated rings. The Labute approximate surface area is 54.7 Å². The minimum Gasteiger partial charge on any atom is -0.330 e. The van der Waals surface area contributed by atoms with Gasteiger partial charge in [-0.1, -0.05) is 0 Å². The fourth-order valence-electron chi connectivity index (χ4n) is 0.289. The van der Waals surface area contributed by atoms with E-state index in [0.717, 1.165) is 32.0 Å². The van der Waals surface area contributed by atoms with Crippen LogP contribution in [0.2, 0.25) is 0 Å². The molecule has 0 aliphatic heterocycles. The van der Waals surface area contributed by atoms with Crippen LogP contribution in [0, 0.1) is 5.41 Å². The van der Waals surface area contributed by atoms with E-state index in [1.165, 1.54) is 0 Å². The molecule has 4 nitrogen and oxygen atoms in total. The highest BCUT2D eigenvalue weighted by atomic mass is 16.1. The van der Waals surface area contributed by atoms with Crippen molar-refractivity contribution in [3.8, 4) is 0 Å². The molecule has 0 bridgehead atoms. The number of hydrogen-bond donors (Lipinski definition) is 3. The van der Waals surface area contributed by atoms with Crippen LogP contribution >= 0.6 is 0 Å². The second kappa shape index (κ2) is 15.7. The fraction of sp³-hybridized carbons (Fsp3) is 0.800. The highest BCUT2D eigenvalue weighted by Crippen LogP contribution is 1.77. The fourth-order valence-corrected chi connectivity index (χ4v) is 0.289. The van der Waals surface area contributed by atoms with Gasteiger partial charge in [0.15, 0.2) is 0 Å². The van der Waals surface area contributed by atoms with Gasteiger partial charge in [0.2, 0.25) is 6.08 Å². The van der Waals surface area contributed by atoms with Crippen LogP contribution in [0.15, 0.2) is 0 Å². The minimum absolute atomic E-state index is 0.750. The molecule has 0 heterocycles. The lowest BCUT2D eigenvalue weighted by atomic mass is 10.3. The van der Waals surface area contributed by atoms with Gasteiger partial charge >= 0.3 is 0 Å². The summed E-state index contributed by atoms with van der Waals surface area (Å²) < 4.78 is 0. The molecule has 54 valence electrons. The van der Waals surface area contributed by atoms with Crippen LogP contribution in [-0.2, 0) is 4.79 Å². The normalized spacial score (nSPS) is 6.89. The maximum absolute atomic E-state index is 8.35. The largest absolute Gasteiger partial charge is 0.330 e. The molecule has 5 N–H and O–H groups in total. The van der Waals surface area contributed by atoms with Crippen LogP contribution in [0.25, 0.3) is 0 Å². The maximum atomic E-state index is 8.35. The van der Waals surface area contributed by atoms with Gasteiger partial charge in [-0.3, -0.25) is 0 Å². The predicted molar refractivity (Wildman–Crippen MR) is 35.8 cm³/mol. The average molecular weight is 131 g/mol. The molecule has 0 saturated carbocycles. The Morgan fingerprint density at radius 1 is 1.22 bits per heavy atom. The van der Waals surface area contributed by atoms with Crippen molar-refractivity contribution in [1.82, 2.24) is 0 Å². The van der Waals surface area contributed by atoms with E-state index in [9.17, 15) is 0 Å². The Balaban J connectivity index is 0. The minimum atomic E-state index is 0.750. The standard InChI is InChI=1S/C4H12N2.CHNO/c5-3-1-2-4-6;2-1-3/h1-6H2;2H. The van der Waals surface area contributed by atoms with Crippen LogP contribution in [0.5, 0.6) is 0 Å². The van der Waals surface area contributed by atoms with Crippen molar-refractivity contribution >= 4 is 6.08 Å². The van der Waals surface area contributed by atoms with E-state index in [2.05, 4.69) is 0 Å². The molecule has 4 heteroatoms. The van der Waals surface area contributed by atoms with Crippen LogP contribution in [0.4, 0.5) is 0 Å². The molecule has 0 spiro atoms. The molecular weight excluding hydrogens is 118 g/mol. The Bertz CT molecular complexity index is 64.6. The van der Waals surface area contributed by atoms with Crippen LogP contribution < -0.4 is 11.5 Å². The lowest BCUT2D eigenvalue weighted by Crippen LogP contribution is -2.03. The van der Waals surface area contributed by atoms with Gasteiger partial charge in [0.25, 0.3) is 0 Å². The van der Waals surface area contributed by atoms with Gasteiger partial charge < -0.3 is 11.5 Å². The van der Waals surface area contributed by atoms with Crippen LogP contribution in [0.3, 0.4) is 0 Å². The van der Waals surface area contributed by atoms with Crippen LogP contribution in [0.1, 0.15) is 12.8 Å². The van der Waals surface area contributed by atoms with Gasteiger partial charge in [0.1, 0.15) is 0 Å². The number of unbranched alkanes of at least 4 members (excludes halogenated alkanes) is 1. The van der Waals surface area contributed by atoms with E-state index in [1.54, 1.807) is 0 Å². The molecule has 0 rings (SSSR count). The monoisotopic (exact) mass is 131 g/mol. The summed E-state index contributed by atoms with van der Waals surface area (Å²) in [6.45, 7) is 1.55. The van der Waals surface area contributed by atoms with Crippen LogP contribution in [-0.4, -0.2) is 19.2 Å². The second-order valence-electron chi connectivity index (χ2n) is 1.39. The molecule has 0 aliphatic carbocycles. The summed E-state index contributed by atoms with van der Waals surface area (Å²) in [4.78, 5) is 8.35. The van der Waals surface area contributed by atoms with Crippen molar-refractivity contribution in [1.29, 1.82) is 5.41 Å². The third-order valence-electron chi connectivity index (χ3n) is 0.658. The lowest BCUT2D eigenvalue weighted by Gasteiger charge is -1.87. The molecule has 0 aromatic carbocycles. The third kappa shape index (κ3) is 38.8. The van der Waals surface area contributed by atoms with Gasteiger partial charge in [0, 0.05) is 0 Å². The number of hydrogen-bond acceptors (Lipinski definition) is 4. The van der Waals surface area contributed by atoms with E-state index in [1.807, 2.05) is 0 Å². The van der Waals surface area contributed by atoms with E-state index < -0.39 is 0 Å². The molecule has 0 radical (unpaired) electrons. The zero-order chi connectivity index (χ0) is 7.54. The molecule has 0 aliphatic rings. The molecule has 9 heavy (non-hydrogen) atoms. The van der Waals surface area contributed by atoms with Gasteiger partial charge in [-0.25, -0.2) is 10.2 Å². The van der Waals surface area contributed by atoms with E-state index in [4.69, 9.17) is 21.7 Å². The summed E-state index contributed by atoms with van der Waals surface area (Å²) in [5.74, 6) is 0. The first kappa shape index (κ1) is 11.1. The zero-order valence-electron chi connectivity index (χ0n) is 5.39. The lowest BCUT2D eigenvalue weighted by molar-refractivity contribution is 0.563. The number of nitrogens with two attached hydrogens (primary N) is 2. The Morgan fingerprint density at radius 2 is 1.44 bits per heavy atom. The van der Waals surface area contributed by atoms with E-state index in [-0.39, 0.29) is 0 Å². The molecular formula is C5H13N3O. The summed E-state index contributed by atoms with van der Waals surface area (Å²) >= 11 is 0. The van der Waals surface area contributed by atoms with E-state index in [0.29, 0.717) is 0 Å². The highest BCUT2D eigenvalue weighted by molar-refractivity contribution is 5.26. The molecule has 0 aromatic heterocycles. The SMILES string of the molecule is N=C=O.NCCCCN. The van der Waals surface area contributed by atoms with Crippen molar-refractivity contribution in [2.45, 2.75) is 12.8 Å². The van der Waals surface area contributed by atoms with Crippen molar-refractivity contribution < 1.29 is 4.79 Å². The second-order valence-corrected chi connectivity index (χ2v) is 1.39. The number of carbonyl (C=O) groups excluding carboxylic acids is 1. The van der Waals surface area contributed by atoms with Gasteiger partial charge in [-0.2, -0.15) is 0 Å². The predicted octanol–water partition coefficient (Wildman–Crippen LogP) is -0.415. The Morgan fingerprint density at radius 3 is 1.56 bits per heavy atom. The summed E-state index contributed by atoms with van der Waals surface area (Å²) in [7, 11) is 0. The number of isocyanates is 1. The molecule has 0 amide bonds. The van der Waals surface area contributed by atoms with Gasteiger partial charge in [-0.15, -0.1) is 0 Å². The van der Waals surface area contributed by atoms with Crippen molar-refractivity contribution in [3.63, 3.8) is 0 Å². The Hall–Kier alpha value is -0.700. The van der Waals surface area contributed by atoms with Gasteiger partial charge in [0.05, 0.1) is 0 Å². The quantitative estimate of drug-likeness (QED) is 0.276. The molecule has 0 aromatic rings. The summed E-state index contributed by atoms with van der Waals surface area (Å²) in [5, 5.41) is 5.40. The first-order valence-corrected chi connectivity index (χ1v) is 2.77. The smallest absolute Gasteiger partial charge is 0.231 e. The molecule has 0 saturated heterocycles. The van der Waals surface area contributed by atoms with E-state index >= 15 is 0 Å². The first-order chi connectivity index (χ1) is 4.33. The number of rotatable bonds is 3. The Kier molecular flexibility index (Phi) is 19.4. The molecule has 0 atom stereocenters. The summed E-state index contributed by atoms with van der Waals surface area (Å²) in [6.07, 6.45) is 2.88. The number of nitrogens with one attached hydrogen (secondary N) is 1. The topological polar surface area (TPSA) is 93.0 Å². The zero-order valence-corrected chi connectivity index (χ0v) is 5.39. The maximum Gasteiger partial charge on any atom is 0.231 e. The average Bonchev–Trinajstić information content (AvgIpc) is 1.86. The van der Waals surface area contributed by atoms with Crippen molar-refractivity contribution in [2.75, 3.05) is 13.1 Å². The highest BCUT2D eigenvalue weighted by Gasteiger charge is 1.75. The molecule has 0 unspecified atom stereocenters. The summed E-state index contributed by atoms with van der Waals surface area (Å²) in [5.41, 5.74) is 10.3. The first-order valence-electron chi connectivity index (χ1n) is 2.77. The van der Waals surface area contributed by atoms with Crippen molar-refractivity contribution in [3.05, 3.63) is 0 Å². The van der Waals surface area contributed by atoms with Crippen molar-refractivity contribution in [2.24, 2.45) is 11.5 Å².